The van der Waals surface area contributed by atoms with E-state index in [1.807, 2.05) is 36.1 Å². The van der Waals surface area contributed by atoms with E-state index in [1.54, 1.807) is 35.1 Å². The number of halogens is 2. The second-order valence-electron chi connectivity index (χ2n) is 13.6. The summed E-state index contributed by atoms with van der Waals surface area (Å²) in [7, 11) is 4.59. The fraction of sp³-hybridized carbons (Fsp3) is 0.300. The predicted octanol–water partition coefficient (Wildman–Crippen LogP) is 4.62. The van der Waals surface area contributed by atoms with Crippen molar-refractivity contribution in [1.82, 2.24) is 19.4 Å². The molecule has 57 heavy (non-hydrogen) atoms. The van der Waals surface area contributed by atoms with E-state index >= 15 is 8.78 Å². The molecule has 3 N–H and O–H groups in total. The molecule has 1 saturated heterocycles. The van der Waals surface area contributed by atoms with Crippen LogP contribution in [0.2, 0.25) is 0 Å². The van der Waals surface area contributed by atoms with E-state index in [9.17, 15) is 19.5 Å². The van der Waals surface area contributed by atoms with E-state index < -0.39 is 28.6 Å². The van der Waals surface area contributed by atoms with Crippen molar-refractivity contribution in [3.05, 3.63) is 99.0 Å². The minimum atomic E-state index is -1.48. The summed E-state index contributed by atoms with van der Waals surface area (Å²) in [5.41, 5.74) is 7.19. The summed E-state index contributed by atoms with van der Waals surface area (Å²) in [5.74, 6) is -2.13. The molecule has 296 valence electrons. The van der Waals surface area contributed by atoms with E-state index in [0.717, 1.165) is 17.8 Å². The number of nitrogens with two attached hydrogens (primary N) is 1. The number of rotatable bonds is 11. The van der Waals surface area contributed by atoms with Crippen molar-refractivity contribution in [2.75, 3.05) is 63.2 Å². The smallest absolute Gasteiger partial charge is 0.341 e. The molecular formula is C40H40F2N8O7. The van der Waals surface area contributed by atoms with Crippen LogP contribution in [-0.2, 0) is 17.8 Å². The number of pyridine rings is 1. The highest BCUT2D eigenvalue weighted by molar-refractivity contribution is 6.54. The lowest BCUT2D eigenvalue weighted by Gasteiger charge is -2.42. The first-order chi connectivity index (χ1) is 27.4. The number of carbonyl (C=O) groups excluding carboxylic acids is 1. The Balaban J connectivity index is 1.10. The van der Waals surface area contributed by atoms with E-state index in [4.69, 9.17) is 19.9 Å². The molecular weight excluding hydrogens is 742 g/mol. The highest BCUT2D eigenvalue weighted by Gasteiger charge is 2.37. The number of hydrogen-bond donors (Lipinski definition) is 2. The van der Waals surface area contributed by atoms with Crippen molar-refractivity contribution >= 4 is 51.6 Å². The lowest BCUT2D eigenvalue weighted by molar-refractivity contribution is -0.112. The molecule has 3 aromatic carbocycles. The summed E-state index contributed by atoms with van der Waals surface area (Å²) < 4.78 is 49.5. The van der Waals surface area contributed by atoms with Gasteiger partial charge in [-0.15, -0.1) is 0 Å². The Kier molecular flexibility index (Phi) is 10.5. The number of anilines is 3. The Morgan fingerprint density at radius 2 is 1.77 bits per heavy atom. The average Bonchev–Trinajstić information content (AvgIpc) is 3.45. The molecule has 0 bridgehead atoms. The molecule has 2 aliphatic heterocycles. The van der Waals surface area contributed by atoms with Gasteiger partial charge in [0.2, 0.25) is 11.2 Å². The Morgan fingerprint density at radius 1 is 1.05 bits per heavy atom. The molecule has 2 aromatic heterocycles. The first-order valence-electron chi connectivity index (χ1n) is 18.1. The number of aromatic carboxylic acids is 1. The number of fused-ring (bicyclic) bond motifs is 2. The van der Waals surface area contributed by atoms with E-state index in [-0.39, 0.29) is 72.3 Å². The number of hydrogen-bond acceptors (Lipinski definition) is 12. The summed E-state index contributed by atoms with van der Waals surface area (Å²) in [5, 5.41) is 9.14. The van der Waals surface area contributed by atoms with E-state index in [2.05, 4.69) is 15.0 Å². The minimum absolute atomic E-state index is 0.00948. The van der Waals surface area contributed by atoms with Gasteiger partial charge < -0.3 is 34.5 Å². The van der Waals surface area contributed by atoms with Gasteiger partial charge in [0.05, 0.1) is 44.6 Å². The maximum absolute atomic E-state index is 16.2. The molecule has 1 fully saturated rings. The Bertz CT molecular complexity index is 2500. The molecule has 0 saturated carbocycles. The quantitative estimate of drug-likeness (QED) is 0.190. The first kappa shape index (κ1) is 38.6. The number of carbonyl (C=O) groups is 2. The molecule has 2 aliphatic rings. The van der Waals surface area contributed by atoms with Crippen LogP contribution in [0.4, 0.5) is 31.9 Å². The van der Waals surface area contributed by atoms with E-state index in [0.29, 0.717) is 47.0 Å². The summed E-state index contributed by atoms with van der Waals surface area (Å²) >= 11 is 0. The first-order valence-corrected chi connectivity index (χ1v) is 18.1. The lowest BCUT2D eigenvalue weighted by Crippen LogP contribution is -2.56. The van der Waals surface area contributed by atoms with Gasteiger partial charge in [-0.2, -0.15) is 4.98 Å². The number of ether oxygens (including phenoxy) is 3. The van der Waals surface area contributed by atoms with E-state index in [1.165, 1.54) is 25.9 Å². The third-order valence-electron chi connectivity index (χ3n) is 10.3. The Morgan fingerprint density at radius 3 is 2.40 bits per heavy atom. The molecule has 0 radical (unpaired) electrons. The molecule has 7 rings (SSSR count). The highest BCUT2D eigenvalue weighted by Crippen LogP contribution is 2.39. The number of aryl methyl sites for hydroxylation is 1. The van der Waals surface area contributed by atoms with Crippen LogP contribution in [0, 0.1) is 11.6 Å². The number of nitrogens with zero attached hydrogens (tertiary/aromatic N) is 7. The number of methoxy groups -OCH3 is 3. The number of carboxylic acid groups (broad SMARTS) is 1. The Hall–Kier alpha value is -6.62. The molecule has 5 aromatic rings. The predicted molar refractivity (Wildman–Crippen MR) is 209 cm³/mol. The van der Waals surface area contributed by atoms with Gasteiger partial charge in [-0.25, -0.2) is 23.6 Å². The third-order valence-corrected chi connectivity index (χ3v) is 10.3. The second-order valence-corrected chi connectivity index (χ2v) is 13.6. The Labute approximate surface area is 325 Å². The van der Waals surface area contributed by atoms with Crippen LogP contribution < -0.4 is 35.2 Å². The zero-order chi connectivity index (χ0) is 40.7. The topological polar surface area (TPSA) is 178 Å². The molecule has 15 nitrogen and oxygen atoms in total. The van der Waals surface area contributed by atoms with Gasteiger partial charge in [0.15, 0.2) is 17.3 Å². The average molecular weight is 783 g/mol. The maximum Gasteiger partial charge on any atom is 0.341 e. The molecule has 17 heteroatoms. The van der Waals surface area contributed by atoms with Crippen molar-refractivity contribution in [3.63, 3.8) is 0 Å². The van der Waals surface area contributed by atoms with Crippen molar-refractivity contribution in [2.24, 2.45) is 4.99 Å². The number of piperazine rings is 1. The van der Waals surface area contributed by atoms with Crippen molar-refractivity contribution in [1.29, 1.82) is 0 Å². The summed E-state index contributed by atoms with van der Waals surface area (Å²) in [4.78, 5) is 57.1. The van der Waals surface area contributed by atoms with Gasteiger partial charge in [0.1, 0.15) is 28.6 Å². The highest BCUT2D eigenvalue weighted by atomic mass is 19.1. The molecule has 0 aliphatic carbocycles. The van der Waals surface area contributed by atoms with Crippen LogP contribution in [0.3, 0.4) is 0 Å². The van der Waals surface area contributed by atoms with Crippen molar-refractivity contribution in [3.8, 4) is 17.2 Å². The third kappa shape index (κ3) is 6.94. The fourth-order valence-corrected chi connectivity index (χ4v) is 7.43. The molecule has 1 unspecified atom stereocenters. The molecule has 1 atom stereocenters. The number of amides is 1. The monoisotopic (exact) mass is 782 g/mol. The summed E-state index contributed by atoms with van der Waals surface area (Å²) in [6, 6.07) is 11.5. The molecule has 1 amide bonds. The number of nitrogen functional groups attached to an aromatic ring is 1. The van der Waals surface area contributed by atoms with Crippen molar-refractivity contribution < 1.29 is 37.7 Å². The number of para-hydroxylation sites is 1. The molecule has 4 heterocycles. The van der Waals surface area contributed by atoms with Crippen LogP contribution in [0.5, 0.6) is 17.2 Å². The summed E-state index contributed by atoms with van der Waals surface area (Å²) in [6.45, 7) is 4.62. The van der Waals surface area contributed by atoms with Crippen LogP contribution in [0.25, 0.3) is 10.9 Å². The van der Waals surface area contributed by atoms with Gasteiger partial charge in [0.25, 0.3) is 11.9 Å². The largest absolute Gasteiger partial charge is 0.493 e. The second kappa shape index (κ2) is 15.5. The number of benzene rings is 3. The lowest BCUT2D eigenvalue weighted by atomic mass is 10.1. The van der Waals surface area contributed by atoms with Crippen LogP contribution in [0.15, 0.2) is 64.6 Å². The standard InChI is InChI=1S/C40H40F2N8O7/c1-6-47-19-26(39(53)54)35(51)25-16-27(41)34(31(42)33(25)47)48-11-12-49(21(2)18-48)20-50-28-10-8-7-9-24(28)32(38(50)52)45-40-44-17-23(37(43)46-40)13-22-14-29(55-3)36(57-5)30(15-22)56-4/h7-10,14-17,19,21H,6,11-13,18,20H2,1-5H3,(H,53,54)(H2,43,44,46). The van der Waals surface area contributed by atoms with Crippen LogP contribution in [-0.4, -0.2) is 95.8 Å². The maximum atomic E-state index is 16.2. The number of aromatic nitrogens is 3. The van der Waals surface area contributed by atoms with Gasteiger partial charge in [-0.1, -0.05) is 18.2 Å². The van der Waals surface area contributed by atoms with Gasteiger partial charge in [0, 0.05) is 62.2 Å². The van der Waals surface area contributed by atoms with Gasteiger partial charge >= 0.3 is 5.97 Å². The fourth-order valence-electron chi connectivity index (χ4n) is 7.43. The van der Waals surface area contributed by atoms with Crippen LogP contribution in [0.1, 0.15) is 40.9 Å². The SMILES string of the molecule is CCn1cc(C(=O)O)c(=O)c2cc(F)c(N3CCN(CN4C(=O)C(=Nc5ncc(Cc6cc(OC)c(OC)c(OC)c6)c(N)n5)c5ccccc54)C(C)C3)c(F)c21. The zero-order valence-electron chi connectivity index (χ0n) is 31.9. The number of carboxylic acids is 1. The normalized spacial score (nSPS) is 16.4. The van der Waals surface area contributed by atoms with Crippen molar-refractivity contribution in [2.45, 2.75) is 32.9 Å². The summed E-state index contributed by atoms with van der Waals surface area (Å²) in [6.07, 6.45) is 3.00. The zero-order valence-corrected chi connectivity index (χ0v) is 31.9. The minimum Gasteiger partial charge on any atom is -0.493 e. The number of aliphatic imine (C=N–C) groups is 1. The van der Waals surface area contributed by atoms with Gasteiger partial charge in [-0.05, 0) is 43.7 Å². The van der Waals surface area contributed by atoms with Crippen LogP contribution >= 0.6 is 0 Å². The molecule has 0 spiro atoms. The van der Waals surface area contributed by atoms with Gasteiger partial charge in [-0.3, -0.25) is 19.4 Å².